The molecule has 0 radical (unpaired) electrons. The zero-order valence-corrected chi connectivity index (χ0v) is 11.5. The van der Waals surface area contributed by atoms with Crippen molar-refractivity contribution in [3.63, 3.8) is 0 Å². The highest BCUT2D eigenvalue weighted by molar-refractivity contribution is 5.82. The third-order valence-corrected chi connectivity index (χ3v) is 3.49. The molecule has 1 aromatic rings. The van der Waals surface area contributed by atoms with Crippen molar-refractivity contribution < 1.29 is 19.4 Å². The number of amides is 1. The monoisotopic (exact) mass is 277 g/mol. The highest BCUT2D eigenvalue weighted by Crippen LogP contribution is 2.20. The van der Waals surface area contributed by atoms with Crippen LogP contribution in [0, 0.1) is 0 Å². The molecule has 0 spiro atoms. The molecule has 2 rings (SSSR count). The third kappa shape index (κ3) is 3.57. The molecule has 2 unspecified atom stereocenters. The zero-order chi connectivity index (χ0) is 14.5. The van der Waals surface area contributed by atoms with Gasteiger partial charge in [-0.05, 0) is 30.4 Å². The highest BCUT2D eigenvalue weighted by atomic mass is 16.5. The van der Waals surface area contributed by atoms with Crippen LogP contribution < -0.4 is 5.32 Å². The topological polar surface area (TPSA) is 75.6 Å². The van der Waals surface area contributed by atoms with Gasteiger partial charge in [0, 0.05) is 6.54 Å². The Kier molecular flexibility index (Phi) is 4.74. The Morgan fingerprint density at radius 2 is 1.80 bits per heavy atom. The van der Waals surface area contributed by atoms with E-state index in [0.717, 1.165) is 12.0 Å². The number of hydrogen-bond donors (Lipinski definition) is 2. The number of carbonyl (C=O) groups excluding carboxylic acids is 1. The molecule has 1 amide bonds. The van der Waals surface area contributed by atoms with Crippen molar-refractivity contribution in [2.45, 2.75) is 44.9 Å². The van der Waals surface area contributed by atoms with Crippen molar-refractivity contribution in [2.75, 3.05) is 0 Å². The van der Waals surface area contributed by atoms with Crippen molar-refractivity contribution in [3.05, 3.63) is 35.4 Å². The van der Waals surface area contributed by atoms with Crippen LogP contribution in [0.2, 0.25) is 0 Å². The minimum absolute atomic E-state index is 0.242. The number of nitrogens with one attached hydrogen (secondary N) is 1. The summed E-state index contributed by atoms with van der Waals surface area (Å²) < 4.78 is 5.20. The maximum absolute atomic E-state index is 11.9. The number of carbonyl (C=O) groups is 2. The lowest BCUT2D eigenvalue weighted by Gasteiger charge is -2.12. The SMILES string of the molecule is CCc1ccc(CNC(=O)C2CCC(C(=O)O)O2)cc1. The maximum atomic E-state index is 11.9. The molecule has 1 heterocycles. The Bertz CT molecular complexity index is 483. The average molecular weight is 277 g/mol. The Balaban J connectivity index is 1.81. The van der Waals surface area contributed by atoms with Crippen molar-refractivity contribution >= 4 is 11.9 Å². The number of aryl methyl sites for hydroxylation is 1. The maximum Gasteiger partial charge on any atom is 0.332 e. The summed E-state index contributed by atoms with van der Waals surface area (Å²) in [5.41, 5.74) is 2.27. The molecule has 1 saturated heterocycles. The molecule has 108 valence electrons. The summed E-state index contributed by atoms with van der Waals surface area (Å²) in [6, 6.07) is 8.03. The van der Waals surface area contributed by atoms with Crippen LogP contribution in [0.5, 0.6) is 0 Å². The van der Waals surface area contributed by atoms with Crippen molar-refractivity contribution in [1.82, 2.24) is 5.32 Å². The summed E-state index contributed by atoms with van der Waals surface area (Å²) in [7, 11) is 0. The van der Waals surface area contributed by atoms with E-state index in [2.05, 4.69) is 12.2 Å². The van der Waals surface area contributed by atoms with Crippen LogP contribution in [0.25, 0.3) is 0 Å². The summed E-state index contributed by atoms with van der Waals surface area (Å²) >= 11 is 0. The summed E-state index contributed by atoms with van der Waals surface area (Å²) in [5.74, 6) is -1.25. The lowest BCUT2D eigenvalue weighted by Crippen LogP contribution is -2.35. The second-order valence-electron chi connectivity index (χ2n) is 4.92. The van der Waals surface area contributed by atoms with Crippen LogP contribution in [0.3, 0.4) is 0 Å². The van der Waals surface area contributed by atoms with Crippen molar-refractivity contribution in [2.24, 2.45) is 0 Å². The highest BCUT2D eigenvalue weighted by Gasteiger charge is 2.34. The molecule has 2 N–H and O–H groups in total. The predicted molar refractivity (Wildman–Crippen MR) is 73.2 cm³/mol. The van der Waals surface area contributed by atoms with Crippen LogP contribution in [-0.2, 0) is 27.3 Å². The molecule has 0 aromatic heterocycles. The van der Waals surface area contributed by atoms with Crippen molar-refractivity contribution in [3.8, 4) is 0 Å². The normalized spacial score (nSPS) is 21.6. The fourth-order valence-corrected chi connectivity index (χ4v) is 2.21. The first-order valence-corrected chi connectivity index (χ1v) is 6.84. The van der Waals surface area contributed by atoms with E-state index in [0.29, 0.717) is 19.4 Å². The standard InChI is InChI=1S/C15H19NO4/c1-2-10-3-5-11(6-4-10)9-16-14(17)12-7-8-13(20-12)15(18)19/h3-6,12-13H,2,7-9H2,1H3,(H,16,17)(H,18,19). The molecule has 5 nitrogen and oxygen atoms in total. The number of carboxylic acids is 1. The fourth-order valence-electron chi connectivity index (χ4n) is 2.21. The van der Waals surface area contributed by atoms with E-state index in [1.807, 2.05) is 24.3 Å². The first-order chi connectivity index (χ1) is 9.60. The second kappa shape index (κ2) is 6.52. The molecule has 5 heteroatoms. The van der Waals surface area contributed by atoms with Crippen LogP contribution in [0.4, 0.5) is 0 Å². The molecule has 1 fully saturated rings. The Morgan fingerprint density at radius 1 is 1.20 bits per heavy atom. The van der Waals surface area contributed by atoms with E-state index in [1.165, 1.54) is 5.56 Å². The van der Waals surface area contributed by atoms with E-state index in [4.69, 9.17) is 9.84 Å². The number of hydrogen-bond acceptors (Lipinski definition) is 3. The molecule has 2 atom stereocenters. The summed E-state index contributed by atoms with van der Waals surface area (Å²) in [6.07, 6.45) is 0.329. The van der Waals surface area contributed by atoms with E-state index in [1.54, 1.807) is 0 Å². The lowest BCUT2D eigenvalue weighted by molar-refractivity contribution is -0.151. The van der Waals surface area contributed by atoms with Crippen LogP contribution in [0.15, 0.2) is 24.3 Å². The van der Waals surface area contributed by atoms with Gasteiger partial charge in [0.25, 0.3) is 0 Å². The van der Waals surface area contributed by atoms with Gasteiger partial charge in [-0.15, -0.1) is 0 Å². The summed E-state index contributed by atoms with van der Waals surface area (Å²) in [5, 5.41) is 11.6. The van der Waals surface area contributed by atoms with Gasteiger partial charge in [0.15, 0.2) is 6.10 Å². The first kappa shape index (κ1) is 14.5. The van der Waals surface area contributed by atoms with Crippen LogP contribution in [0.1, 0.15) is 30.9 Å². The van der Waals surface area contributed by atoms with Gasteiger partial charge in [0.2, 0.25) is 5.91 Å². The Labute approximate surface area is 117 Å². The van der Waals surface area contributed by atoms with Crippen LogP contribution in [-0.4, -0.2) is 29.2 Å². The number of rotatable bonds is 5. The number of carboxylic acid groups (broad SMARTS) is 1. The molecular formula is C15H19NO4. The Morgan fingerprint density at radius 3 is 2.35 bits per heavy atom. The van der Waals surface area contributed by atoms with Gasteiger partial charge >= 0.3 is 5.97 Å². The zero-order valence-electron chi connectivity index (χ0n) is 11.5. The lowest BCUT2D eigenvalue weighted by atomic mass is 10.1. The van der Waals surface area contributed by atoms with Gasteiger partial charge in [-0.3, -0.25) is 4.79 Å². The number of benzene rings is 1. The van der Waals surface area contributed by atoms with Gasteiger partial charge in [-0.2, -0.15) is 0 Å². The summed E-state index contributed by atoms with van der Waals surface area (Å²) in [4.78, 5) is 22.6. The van der Waals surface area contributed by atoms with E-state index < -0.39 is 18.2 Å². The number of ether oxygens (including phenoxy) is 1. The largest absolute Gasteiger partial charge is 0.479 e. The van der Waals surface area contributed by atoms with E-state index in [9.17, 15) is 9.59 Å². The van der Waals surface area contributed by atoms with Crippen LogP contribution >= 0.6 is 0 Å². The van der Waals surface area contributed by atoms with Gasteiger partial charge < -0.3 is 15.2 Å². The van der Waals surface area contributed by atoms with Crippen molar-refractivity contribution in [1.29, 1.82) is 0 Å². The molecule has 20 heavy (non-hydrogen) atoms. The molecule has 1 aromatic carbocycles. The molecule has 0 saturated carbocycles. The number of aliphatic carboxylic acids is 1. The molecule has 1 aliphatic heterocycles. The van der Waals surface area contributed by atoms with Gasteiger partial charge in [-0.25, -0.2) is 4.79 Å². The minimum atomic E-state index is -1.00. The molecule has 0 bridgehead atoms. The molecule has 0 aliphatic carbocycles. The Hall–Kier alpha value is -1.88. The third-order valence-electron chi connectivity index (χ3n) is 3.49. The fraction of sp³-hybridized carbons (Fsp3) is 0.467. The van der Waals surface area contributed by atoms with E-state index >= 15 is 0 Å². The molecule has 1 aliphatic rings. The smallest absolute Gasteiger partial charge is 0.332 e. The first-order valence-electron chi connectivity index (χ1n) is 6.84. The minimum Gasteiger partial charge on any atom is -0.479 e. The van der Waals surface area contributed by atoms with Gasteiger partial charge in [-0.1, -0.05) is 31.2 Å². The average Bonchev–Trinajstić information content (AvgIpc) is 2.95. The molecular weight excluding hydrogens is 258 g/mol. The predicted octanol–water partition coefficient (Wildman–Crippen LogP) is 1.50. The quantitative estimate of drug-likeness (QED) is 0.855. The van der Waals surface area contributed by atoms with Gasteiger partial charge in [0.1, 0.15) is 6.10 Å². The van der Waals surface area contributed by atoms with Gasteiger partial charge in [0.05, 0.1) is 0 Å². The summed E-state index contributed by atoms with van der Waals surface area (Å²) in [6.45, 7) is 2.52. The van der Waals surface area contributed by atoms with E-state index in [-0.39, 0.29) is 5.91 Å². The second-order valence-corrected chi connectivity index (χ2v) is 4.92.